The molecule has 0 fully saturated rings. The van der Waals surface area contributed by atoms with Crippen molar-refractivity contribution >= 4 is 11.6 Å². The number of allylic oxidation sites excluding steroid dienone is 5. The third-order valence-corrected chi connectivity index (χ3v) is 5.97. The lowest BCUT2D eigenvalue weighted by atomic mass is 9.62. The maximum absolute atomic E-state index is 6.23. The predicted molar refractivity (Wildman–Crippen MR) is 114 cm³/mol. The van der Waals surface area contributed by atoms with Crippen LogP contribution in [0.5, 0.6) is 0 Å². The van der Waals surface area contributed by atoms with Gasteiger partial charge in [-0.05, 0) is 23.3 Å². The Hall–Kier alpha value is -1.87. The van der Waals surface area contributed by atoms with Crippen molar-refractivity contribution in [1.29, 1.82) is 0 Å². The van der Waals surface area contributed by atoms with Gasteiger partial charge >= 0.3 is 0 Å². The second kappa shape index (κ2) is 6.63. The SMILES string of the molecule is COC1(C)C(c2n[nH]c3c2C=CC=CC3)=CC(C(C)(C)C)=CC1C(C)(C)C. The van der Waals surface area contributed by atoms with E-state index < -0.39 is 5.60 Å². The number of hydrogen-bond donors (Lipinski definition) is 1. The summed E-state index contributed by atoms with van der Waals surface area (Å²) in [5, 5.41) is 8.02. The number of methoxy groups -OCH3 is 1. The molecule has 0 aliphatic heterocycles. The van der Waals surface area contributed by atoms with Gasteiger partial charge in [0.05, 0.1) is 11.3 Å². The van der Waals surface area contributed by atoms with Crippen LogP contribution in [0, 0.1) is 16.7 Å². The highest BCUT2D eigenvalue weighted by Crippen LogP contribution is 2.51. The molecule has 146 valence electrons. The van der Waals surface area contributed by atoms with Crippen LogP contribution in [0.3, 0.4) is 0 Å². The lowest BCUT2D eigenvalue weighted by Gasteiger charge is -2.47. The van der Waals surface area contributed by atoms with E-state index in [9.17, 15) is 0 Å². The van der Waals surface area contributed by atoms with Crippen molar-refractivity contribution in [2.75, 3.05) is 7.11 Å². The fourth-order valence-corrected chi connectivity index (χ4v) is 4.28. The van der Waals surface area contributed by atoms with Crippen molar-refractivity contribution in [3.05, 3.63) is 52.9 Å². The molecule has 2 atom stereocenters. The molecule has 0 spiro atoms. The molecule has 0 aromatic carbocycles. The molecule has 2 aliphatic carbocycles. The Morgan fingerprint density at radius 1 is 1.15 bits per heavy atom. The van der Waals surface area contributed by atoms with E-state index in [0.717, 1.165) is 17.8 Å². The summed E-state index contributed by atoms with van der Waals surface area (Å²) in [7, 11) is 1.82. The van der Waals surface area contributed by atoms with Crippen molar-refractivity contribution in [3.8, 4) is 0 Å². The number of fused-ring (bicyclic) bond motifs is 1. The number of aromatic nitrogens is 2. The zero-order valence-electron chi connectivity index (χ0n) is 18.1. The summed E-state index contributed by atoms with van der Waals surface area (Å²) in [6.07, 6.45) is 14.1. The van der Waals surface area contributed by atoms with Crippen LogP contribution in [0.25, 0.3) is 11.6 Å². The highest BCUT2D eigenvalue weighted by atomic mass is 16.5. The number of ether oxygens (including phenoxy) is 1. The summed E-state index contributed by atoms with van der Waals surface area (Å²) in [6, 6.07) is 0. The van der Waals surface area contributed by atoms with Gasteiger partial charge in [0.2, 0.25) is 0 Å². The van der Waals surface area contributed by atoms with Gasteiger partial charge in [0, 0.05) is 36.3 Å². The van der Waals surface area contributed by atoms with E-state index in [-0.39, 0.29) is 16.7 Å². The molecule has 0 amide bonds. The van der Waals surface area contributed by atoms with Gasteiger partial charge in [-0.15, -0.1) is 0 Å². The molecular weight excluding hydrogens is 332 g/mol. The van der Waals surface area contributed by atoms with Gasteiger partial charge in [0.25, 0.3) is 0 Å². The topological polar surface area (TPSA) is 37.9 Å². The zero-order chi connectivity index (χ0) is 20.0. The average Bonchev–Trinajstić information content (AvgIpc) is 2.80. The second-order valence-corrected chi connectivity index (χ2v) is 10.0. The molecule has 1 heterocycles. The van der Waals surface area contributed by atoms with Crippen molar-refractivity contribution in [2.24, 2.45) is 16.7 Å². The van der Waals surface area contributed by atoms with Crippen LogP contribution >= 0.6 is 0 Å². The van der Waals surface area contributed by atoms with E-state index in [4.69, 9.17) is 9.84 Å². The minimum atomic E-state index is -0.441. The Bertz CT molecular complexity index is 837. The fraction of sp³-hybridized carbons (Fsp3) is 0.542. The zero-order valence-corrected chi connectivity index (χ0v) is 18.1. The molecule has 3 rings (SSSR count). The standard InChI is InChI=1S/C24H34N2O/c1-22(2,3)16-14-18(24(7,27-8)20(15-16)23(4,5)6)21-17-12-10-9-11-13-19(17)25-26-21/h9-12,14-15,20H,13H2,1-8H3,(H,25,26). The number of hydrogen-bond acceptors (Lipinski definition) is 2. The van der Waals surface area contributed by atoms with E-state index in [0.29, 0.717) is 0 Å². The van der Waals surface area contributed by atoms with Crippen LogP contribution in [-0.4, -0.2) is 22.9 Å². The number of rotatable bonds is 2. The maximum atomic E-state index is 6.23. The minimum Gasteiger partial charge on any atom is -0.373 e. The normalized spacial score (nSPS) is 25.7. The third-order valence-electron chi connectivity index (χ3n) is 5.97. The average molecular weight is 367 g/mol. The second-order valence-electron chi connectivity index (χ2n) is 10.0. The smallest absolute Gasteiger partial charge is 0.0988 e. The number of aromatic amines is 1. The van der Waals surface area contributed by atoms with Gasteiger partial charge in [-0.1, -0.05) is 78.0 Å². The van der Waals surface area contributed by atoms with Crippen LogP contribution in [0.2, 0.25) is 0 Å². The highest BCUT2D eigenvalue weighted by molar-refractivity contribution is 5.81. The summed E-state index contributed by atoms with van der Waals surface area (Å²) in [5.41, 5.74) is 5.55. The maximum Gasteiger partial charge on any atom is 0.0988 e. The van der Waals surface area contributed by atoms with Crippen LogP contribution in [0.1, 0.15) is 65.4 Å². The van der Waals surface area contributed by atoms with Crippen LogP contribution in [-0.2, 0) is 11.2 Å². The molecule has 0 radical (unpaired) electrons. The molecule has 0 bridgehead atoms. The van der Waals surface area contributed by atoms with Crippen LogP contribution in [0.4, 0.5) is 0 Å². The molecule has 27 heavy (non-hydrogen) atoms. The number of nitrogens with zero attached hydrogens (tertiary/aromatic N) is 1. The number of H-pyrrole nitrogens is 1. The molecule has 2 unspecified atom stereocenters. The van der Waals surface area contributed by atoms with Gasteiger partial charge in [0.1, 0.15) is 0 Å². The lowest BCUT2D eigenvalue weighted by molar-refractivity contribution is -0.0166. The largest absolute Gasteiger partial charge is 0.373 e. The Morgan fingerprint density at radius 3 is 2.44 bits per heavy atom. The first kappa shape index (κ1) is 19.9. The van der Waals surface area contributed by atoms with E-state index in [2.05, 4.69) is 90.0 Å². The quantitative estimate of drug-likeness (QED) is 0.700. The molecule has 2 aliphatic rings. The van der Waals surface area contributed by atoms with Gasteiger partial charge < -0.3 is 4.74 Å². The van der Waals surface area contributed by atoms with Crippen molar-refractivity contribution in [2.45, 2.75) is 60.5 Å². The Morgan fingerprint density at radius 2 is 1.85 bits per heavy atom. The summed E-state index contributed by atoms with van der Waals surface area (Å²) < 4.78 is 6.23. The molecule has 0 saturated heterocycles. The fourth-order valence-electron chi connectivity index (χ4n) is 4.28. The molecule has 1 aromatic rings. The summed E-state index contributed by atoms with van der Waals surface area (Å²) in [6.45, 7) is 15.9. The highest BCUT2D eigenvalue weighted by Gasteiger charge is 2.47. The first-order chi connectivity index (χ1) is 12.5. The number of nitrogens with one attached hydrogen (secondary N) is 1. The monoisotopic (exact) mass is 366 g/mol. The first-order valence-corrected chi connectivity index (χ1v) is 9.89. The molecule has 1 aromatic heterocycles. The Kier molecular flexibility index (Phi) is 4.88. The van der Waals surface area contributed by atoms with Crippen molar-refractivity contribution in [1.82, 2.24) is 10.2 Å². The van der Waals surface area contributed by atoms with Gasteiger partial charge in [0.15, 0.2) is 0 Å². The first-order valence-electron chi connectivity index (χ1n) is 9.89. The Labute approximate surface area is 164 Å². The van der Waals surface area contributed by atoms with E-state index in [1.54, 1.807) is 0 Å². The van der Waals surface area contributed by atoms with Gasteiger partial charge in [-0.25, -0.2) is 0 Å². The van der Waals surface area contributed by atoms with Gasteiger partial charge in [-0.2, -0.15) is 5.10 Å². The summed E-state index contributed by atoms with van der Waals surface area (Å²) >= 11 is 0. The lowest BCUT2D eigenvalue weighted by Crippen LogP contribution is -2.46. The third kappa shape index (κ3) is 3.50. The summed E-state index contributed by atoms with van der Waals surface area (Å²) in [5.74, 6) is 0.240. The molecule has 1 N–H and O–H groups in total. The minimum absolute atomic E-state index is 0.0609. The van der Waals surface area contributed by atoms with Gasteiger partial charge in [-0.3, -0.25) is 5.10 Å². The Balaban J connectivity index is 2.24. The van der Waals surface area contributed by atoms with Crippen LogP contribution in [0.15, 0.2) is 36.0 Å². The summed E-state index contributed by atoms with van der Waals surface area (Å²) in [4.78, 5) is 0. The molecule has 0 saturated carbocycles. The van der Waals surface area contributed by atoms with Crippen molar-refractivity contribution < 1.29 is 4.74 Å². The van der Waals surface area contributed by atoms with E-state index >= 15 is 0 Å². The predicted octanol–water partition coefficient (Wildman–Crippen LogP) is 5.97. The molecular formula is C24H34N2O. The van der Waals surface area contributed by atoms with Crippen LogP contribution < -0.4 is 0 Å². The van der Waals surface area contributed by atoms with E-state index in [1.165, 1.54) is 16.7 Å². The van der Waals surface area contributed by atoms with E-state index in [1.807, 2.05) is 7.11 Å². The molecule has 3 heteroatoms. The van der Waals surface area contributed by atoms with Crippen molar-refractivity contribution in [3.63, 3.8) is 0 Å². The molecule has 3 nitrogen and oxygen atoms in total.